The number of nitrogens with one attached hydrogen (secondary N) is 1. The van der Waals surface area contributed by atoms with E-state index in [1.165, 1.54) is 4.90 Å². The van der Waals surface area contributed by atoms with Crippen molar-refractivity contribution < 1.29 is 19.5 Å². The van der Waals surface area contributed by atoms with Gasteiger partial charge in [-0.3, -0.25) is 14.4 Å². The van der Waals surface area contributed by atoms with Crippen LogP contribution in [0.25, 0.3) is 10.8 Å². The van der Waals surface area contributed by atoms with Crippen LogP contribution >= 0.6 is 0 Å². The van der Waals surface area contributed by atoms with E-state index in [2.05, 4.69) is 5.32 Å². The molecule has 0 unspecified atom stereocenters. The lowest BCUT2D eigenvalue weighted by Gasteiger charge is -2.29. The maximum Gasteiger partial charge on any atom is 0.323 e. The second kappa shape index (κ2) is 9.88. The van der Waals surface area contributed by atoms with Crippen LogP contribution in [-0.4, -0.2) is 46.9 Å². The molecule has 1 atom stereocenters. The molecule has 0 bridgehead atoms. The number of carboxylic acids is 1. The molecule has 0 heterocycles. The number of carbonyl (C=O) groups excluding carboxylic acids is 2. The molecule has 0 aliphatic heterocycles. The summed E-state index contributed by atoms with van der Waals surface area (Å²) in [6.45, 7) is 5.64. The summed E-state index contributed by atoms with van der Waals surface area (Å²) in [5.74, 6) is -1.94. The summed E-state index contributed by atoms with van der Waals surface area (Å²) >= 11 is 0. The van der Waals surface area contributed by atoms with Gasteiger partial charge in [-0.2, -0.15) is 0 Å². The number of hydrogen-bond acceptors (Lipinski definition) is 3. The molecule has 0 aliphatic rings. The molecular formula is C22H28N2O4. The summed E-state index contributed by atoms with van der Waals surface area (Å²) in [4.78, 5) is 38.2. The fourth-order valence-corrected chi connectivity index (χ4v) is 3.04. The third-order valence-corrected chi connectivity index (χ3v) is 4.65. The Bertz CT molecular complexity index is 847. The fourth-order valence-electron chi connectivity index (χ4n) is 3.04. The molecule has 2 aromatic carbocycles. The summed E-state index contributed by atoms with van der Waals surface area (Å²) in [5.41, 5.74) is 0.468. The molecule has 6 heteroatoms. The van der Waals surface area contributed by atoms with Crippen LogP contribution < -0.4 is 5.32 Å². The Morgan fingerprint density at radius 2 is 1.75 bits per heavy atom. The van der Waals surface area contributed by atoms with Crippen LogP contribution in [0.3, 0.4) is 0 Å². The maximum absolute atomic E-state index is 13.0. The van der Waals surface area contributed by atoms with Crippen LogP contribution in [0.4, 0.5) is 0 Å². The molecule has 0 fully saturated rings. The van der Waals surface area contributed by atoms with Gasteiger partial charge in [0.05, 0.1) is 0 Å². The predicted octanol–water partition coefficient (Wildman–Crippen LogP) is 3.31. The molecule has 28 heavy (non-hydrogen) atoms. The van der Waals surface area contributed by atoms with Gasteiger partial charge < -0.3 is 15.3 Å². The Labute approximate surface area is 165 Å². The molecule has 2 aromatic rings. The highest BCUT2D eigenvalue weighted by atomic mass is 16.4. The number of aliphatic carboxylic acids is 1. The number of carbonyl (C=O) groups is 3. The van der Waals surface area contributed by atoms with Crippen molar-refractivity contribution in [2.24, 2.45) is 5.92 Å². The largest absolute Gasteiger partial charge is 0.480 e. The molecule has 0 radical (unpaired) electrons. The summed E-state index contributed by atoms with van der Waals surface area (Å²) in [6.07, 6.45) is 1.56. The zero-order valence-electron chi connectivity index (χ0n) is 16.6. The predicted molar refractivity (Wildman–Crippen MR) is 109 cm³/mol. The first-order valence-corrected chi connectivity index (χ1v) is 9.63. The van der Waals surface area contributed by atoms with Crippen molar-refractivity contribution in [1.82, 2.24) is 10.2 Å². The first-order chi connectivity index (χ1) is 13.3. The van der Waals surface area contributed by atoms with Gasteiger partial charge in [-0.1, -0.05) is 57.5 Å². The zero-order chi connectivity index (χ0) is 20.7. The first-order valence-electron chi connectivity index (χ1n) is 9.63. The number of fused-ring (bicyclic) bond motifs is 1. The summed E-state index contributed by atoms with van der Waals surface area (Å²) in [6, 6.07) is 12.3. The number of nitrogens with zero attached hydrogens (tertiary/aromatic N) is 1. The minimum absolute atomic E-state index is 0.171. The minimum atomic E-state index is -1.06. The molecule has 2 rings (SSSR count). The van der Waals surface area contributed by atoms with E-state index in [4.69, 9.17) is 5.11 Å². The van der Waals surface area contributed by atoms with Crippen molar-refractivity contribution in [2.75, 3.05) is 13.1 Å². The van der Waals surface area contributed by atoms with E-state index in [-0.39, 0.29) is 24.3 Å². The van der Waals surface area contributed by atoms with Crippen molar-refractivity contribution in [3.8, 4) is 0 Å². The third kappa shape index (κ3) is 5.55. The number of hydrogen-bond donors (Lipinski definition) is 2. The third-order valence-electron chi connectivity index (χ3n) is 4.65. The Kier molecular flexibility index (Phi) is 7.55. The molecule has 2 amide bonds. The topological polar surface area (TPSA) is 86.7 Å². The smallest absolute Gasteiger partial charge is 0.323 e. The molecule has 0 spiro atoms. The van der Waals surface area contributed by atoms with Gasteiger partial charge in [0.2, 0.25) is 5.91 Å². The van der Waals surface area contributed by atoms with Crippen LogP contribution in [0, 0.1) is 5.92 Å². The molecule has 0 saturated heterocycles. The van der Waals surface area contributed by atoms with Gasteiger partial charge in [-0.15, -0.1) is 0 Å². The quantitative estimate of drug-likeness (QED) is 0.694. The van der Waals surface area contributed by atoms with Crippen LogP contribution in [0.1, 0.15) is 44.0 Å². The van der Waals surface area contributed by atoms with Crippen molar-refractivity contribution in [3.63, 3.8) is 0 Å². The van der Waals surface area contributed by atoms with E-state index in [1.54, 1.807) is 12.1 Å². The lowest BCUT2D eigenvalue weighted by atomic mass is 10.0. The van der Waals surface area contributed by atoms with Crippen LogP contribution in [-0.2, 0) is 9.59 Å². The van der Waals surface area contributed by atoms with Crippen LogP contribution in [0.15, 0.2) is 42.5 Å². The highest BCUT2D eigenvalue weighted by Crippen LogP contribution is 2.16. The average molecular weight is 384 g/mol. The summed E-state index contributed by atoms with van der Waals surface area (Å²) in [5, 5.41) is 13.9. The Morgan fingerprint density at radius 3 is 2.36 bits per heavy atom. The molecule has 2 N–H and O–H groups in total. The number of benzene rings is 2. The lowest BCUT2D eigenvalue weighted by Crippen LogP contribution is -2.52. The van der Waals surface area contributed by atoms with Gasteiger partial charge in [-0.05, 0) is 35.2 Å². The Hall–Kier alpha value is -2.89. The highest BCUT2D eigenvalue weighted by Gasteiger charge is 2.29. The Morgan fingerprint density at radius 1 is 1.07 bits per heavy atom. The standard InChI is InChI=1S/C22H28N2O4/c1-4-5-12-24(14-19(25)26)22(28)20(15(2)3)23-21(27)18-11-10-16-8-6-7-9-17(16)13-18/h6-11,13,15,20H,4-5,12,14H2,1-3H3,(H,23,27)(H,25,26)/t20-/m0/s1. The molecule has 0 aromatic heterocycles. The van der Waals surface area contributed by atoms with Crippen molar-refractivity contribution >= 4 is 28.6 Å². The van der Waals surface area contributed by atoms with Gasteiger partial charge in [0.25, 0.3) is 5.91 Å². The second-order valence-electron chi connectivity index (χ2n) is 7.26. The molecular weight excluding hydrogens is 356 g/mol. The van der Waals surface area contributed by atoms with E-state index in [1.807, 2.05) is 51.1 Å². The molecule has 0 aliphatic carbocycles. The van der Waals surface area contributed by atoms with E-state index in [9.17, 15) is 14.4 Å². The van der Waals surface area contributed by atoms with Gasteiger partial charge in [0.15, 0.2) is 0 Å². The number of unbranched alkanes of at least 4 members (excludes halogenated alkanes) is 1. The zero-order valence-corrected chi connectivity index (χ0v) is 16.6. The maximum atomic E-state index is 13.0. The molecule has 150 valence electrons. The van der Waals surface area contributed by atoms with Gasteiger partial charge in [-0.25, -0.2) is 0 Å². The van der Waals surface area contributed by atoms with Gasteiger partial charge in [0, 0.05) is 12.1 Å². The second-order valence-corrected chi connectivity index (χ2v) is 7.26. The van der Waals surface area contributed by atoms with Crippen molar-refractivity contribution in [2.45, 2.75) is 39.7 Å². The molecule has 6 nitrogen and oxygen atoms in total. The fraction of sp³-hybridized carbons (Fsp3) is 0.409. The van der Waals surface area contributed by atoms with E-state index < -0.39 is 12.0 Å². The van der Waals surface area contributed by atoms with Crippen molar-refractivity contribution in [1.29, 1.82) is 0 Å². The van der Waals surface area contributed by atoms with Gasteiger partial charge in [0.1, 0.15) is 12.6 Å². The number of amides is 2. The van der Waals surface area contributed by atoms with Crippen molar-refractivity contribution in [3.05, 3.63) is 48.0 Å². The monoisotopic (exact) mass is 384 g/mol. The first kappa shape index (κ1) is 21.4. The minimum Gasteiger partial charge on any atom is -0.480 e. The highest BCUT2D eigenvalue weighted by molar-refractivity contribution is 6.01. The molecule has 0 saturated carbocycles. The average Bonchev–Trinajstić information content (AvgIpc) is 2.67. The van der Waals surface area contributed by atoms with Crippen LogP contribution in [0.5, 0.6) is 0 Å². The summed E-state index contributed by atoms with van der Waals surface area (Å²) in [7, 11) is 0. The van der Waals surface area contributed by atoms with Gasteiger partial charge >= 0.3 is 5.97 Å². The van der Waals surface area contributed by atoms with E-state index in [0.717, 1.165) is 17.2 Å². The van der Waals surface area contributed by atoms with Crippen LogP contribution in [0.2, 0.25) is 0 Å². The Balaban J connectivity index is 2.20. The van der Waals surface area contributed by atoms with E-state index in [0.29, 0.717) is 18.5 Å². The van der Waals surface area contributed by atoms with E-state index >= 15 is 0 Å². The number of carboxylic acid groups (broad SMARTS) is 1. The summed E-state index contributed by atoms with van der Waals surface area (Å²) < 4.78 is 0. The number of rotatable bonds is 9. The lowest BCUT2D eigenvalue weighted by molar-refractivity contribution is -0.145. The SMILES string of the molecule is CCCCN(CC(=O)O)C(=O)[C@@H](NC(=O)c1ccc2ccccc2c1)C(C)C. The normalized spacial score (nSPS) is 12.0.